The van der Waals surface area contributed by atoms with Crippen LogP contribution in [0.1, 0.15) is 66.6 Å². The predicted octanol–water partition coefficient (Wildman–Crippen LogP) is 4.50. The molecule has 1 heterocycles. The summed E-state index contributed by atoms with van der Waals surface area (Å²) in [5.74, 6) is -2.77. The highest BCUT2D eigenvalue weighted by Gasteiger charge is 2.35. The molecular formula is C26H35ClFN3O5S. The Morgan fingerprint density at radius 2 is 1.89 bits per heavy atom. The number of benzene rings is 1. The molecule has 1 atom stereocenters. The molecule has 1 amide bonds. The number of carboxylic acids is 1. The van der Waals surface area contributed by atoms with Crippen LogP contribution in [0.3, 0.4) is 0 Å². The van der Waals surface area contributed by atoms with E-state index in [1.165, 1.54) is 23.5 Å². The Hall–Kier alpha value is -2.95. The third kappa shape index (κ3) is 8.55. The molecule has 0 aliphatic rings. The van der Waals surface area contributed by atoms with E-state index < -0.39 is 29.2 Å². The van der Waals surface area contributed by atoms with Gasteiger partial charge in [0.1, 0.15) is 10.9 Å². The molecule has 204 valence electrons. The van der Waals surface area contributed by atoms with Crippen molar-refractivity contribution in [3.63, 3.8) is 0 Å². The first-order chi connectivity index (χ1) is 17.1. The summed E-state index contributed by atoms with van der Waals surface area (Å²) in [6, 6.07) is 6.57. The first-order valence-corrected chi connectivity index (χ1v) is 12.7. The van der Waals surface area contributed by atoms with Crippen molar-refractivity contribution in [2.75, 3.05) is 6.54 Å². The van der Waals surface area contributed by atoms with Gasteiger partial charge in [-0.2, -0.15) is 0 Å². The van der Waals surface area contributed by atoms with Crippen LogP contribution in [0, 0.1) is 11.2 Å². The molecule has 0 aliphatic heterocycles. The summed E-state index contributed by atoms with van der Waals surface area (Å²) in [4.78, 5) is 37.6. The van der Waals surface area contributed by atoms with Crippen LogP contribution < -0.4 is 21.5 Å². The molecule has 0 saturated heterocycles. The summed E-state index contributed by atoms with van der Waals surface area (Å²) in [5.41, 5.74) is 11.5. The van der Waals surface area contributed by atoms with Crippen LogP contribution >= 0.6 is 23.7 Å². The number of nitrogens with two attached hydrogens (primary N) is 2. The van der Waals surface area contributed by atoms with Crippen molar-refractivity contribution in [3.8, 4) is 5.75 Å². The Morgan fingerprint density at radius 3 is 2.46 bits per heavy atom. The molecule has 8 nitrogen and oxygen atoms in total. The maximum Gasteiger partial charge on any atom is 0.353 e. The minimum atomic E-state index is -1.07. The second kappa shape index (κ2) is 14.7. The summed E-state index contributed by atoms with van der Waals surface area (Å²) in [7, 11) is 0. The van der Waals surface area contributed by atoms with Crippen molar-refractivity contribution in [3.05, 3.63) is 57.5 Å². The van der Waals surface area contributed by atoms with Gasteiger partial charge in [-0.05, 0) is 69.4 Å². The standard InChI is InChI=1S/C26H34FN3O5S.ClH/c1-4-19(28)16-9-11-21(18(27)14-16)35-24(33)22-12-10-17(36-22)15-26(5-2,6-3)25(34)30-13-7-8-20(29)23(31)32;/h4,9-12,14,20H,5-8,13,15,28-29H2,1-3H3,(H,30,34)(H,31,32);1H/b19-4-;. The topological polar surface area (TPSA) is 145 Å². The Bertz CT molecular complexity index is 1120. The maximum atomic E-state index is 14.4. The normalized spacial score (nSPS) is 12.4. The zero-order valence-electron chi connectivity index (χ0n) is 21.2. The van der Waals surface area contributed by atoms with Gasteiger partial charge in [0.05, 0.1) is 5.41 Å². The lowest BCUT2D eigenvalue weighted by molar-refractivity contribution is -0.138. The van der Waals surface area contributed by atoms with Gasteiger partial charge in [-0.3, -0.25) is 9.59 Å². The second-order valence-electron chi connectivity index (χ2n) is 8.55. The molecule has 0 radical (unpaired) electrons. The molecule has 2 aromatic rings. The average molecular weight is 556 g/mol. The van der Waals surface area contributed by atoms with Gasteiger partial charge in [0.25, 0.3) is 0 Å². The highest BCUT2D eigenvalue weighted by atomic mass is 35.5. The fourth-order valence-electron chi connectivity index (χ4n) is 3.73. The van der Waals surface area contributed by atoms with E-state index in [0.29, 0.717) is 48.4 Å². The van der Waals surface area contributed by atoms with E-state index in [9.17, 15) is 18.8 Å². The first-order valence-electron chi connectivity index (χ1n) is 11.9. The number of allylic oxidation sites excluding steroid dienone is 1. The van der Waals surface area contributed by atoms with Crippen molar-refractivity contribution >= 4 is 47.3 Å². The minimum Gasteiger partial charge on any atom is -0.480 e. The van der Waals surface area contributed by atoms with Crippen LogP contribution in [0.25, 0.3) is 5.70 Å². The Kier molecular flexibility index (Phi) is 12.7. The van der Waals surface area contributed by atoms with E-state index in [0.717, 1.165) is 4.88 Å². The van der Waals surface area contributed by atoms with Crippen molar-refractivity contribution < 1.29 is 28.6 Å². The summed E-state index contributed by atoms with van der Waals surface area (Å²) in [5, 5.41) is 11.8. The monoisotopic (exact) mass is 555 g/mol. The molecular weight excluding hydrogens is 521 g/mol. The Balaban J connectivity index is 0.00000684. The average Bonchev–Trinajstić information content (AvgIpc) is 3.34. The molecule has 1 aromatic heterocycles. The zero-order chi connectivity index (χ0) is 26.9. The van der Waals surface area contributed by atoms with Gasteiger partial charge in [-0.25, -0.2) is 9.18 Å². The van der Waals surface area contributed by atoms with Crippen molar-refractivity contribution in [1.29, 1.82) is 0 Å². The van der Waals surface area contributed by atoms with E-state index in [2.05, 4.69) is 5.32 Å². The van der Waals surface area contributed by atoms with Gasteiger partial charge in [0.15, 0.2) is 11.6 Å². The van der Waals surface area contributed by atoms with Crippen LogP contribution in [0.2, 0.25) is 0 Å². The molecule has 0 saturated carbocycles. The van der Waals surface area contributed by atoms with E-state index >= 15 is 0 Å². The van der Waals surface area contributed by atoms with E-state index in [4.69, 9.17) is 21.3 Å². The number of thiophene rings is 1. The summed E-state index contributed by atoms with van der Waals surface area (Å²) in [6.45, 7) is 5.93. The highest BCUT2D eigenvalue weighted by molar-refractivity contribution is 7.14. The lowest BCUT2D eigenvalue weighted by Gasteiger charge is -2.30. The maximum absolute atomic E-state index is 14.4. The smallest absolute Gasteiger partial charge is 0.353 e. The summed E-state index contributed by atoms with van der Waals surface area (Å²) >= 11 is 1.20. The van der Waals surface area contributed by atoms with Crippen LogP contribution in [0.4, 0.5) is 4.39 Å². The number of carbonyl (C=O) groups is 3. The number of ether oxygens (including phenoxy) is 1. The SMILES string of the molecule is C/C=C(\N)c1ccc(OC(=O)c2ccc(CC(CC)(CC)C(=O)NCCCC(N)C(=O)O)s2)c(F)c1.Cl. The number of carboxylic acid groups (broad SMARTS) is 1. The summed E-state index contributed by atoms with van der Waals surface area (Å²) in [6.07, 6.45) is 3.95. The van der Waals surface area contributed by atoms with Crippen LogP contribution in [-0.4, -0.2) is 35.5 Å². The van der Waals surface area contributed by atoms with E-state index in [1.54, 1.807) is 31.2 Å². The molecule has 0 bridgehead atoms. The van der Waals surface area contributed by atoms with Gasteiger partial charge in [0.2, 0.25) is 5.91 Å². The van der Waals surface area contributed by atoms with Crippen molar-refractivity contribution in [2.24, 2.45) is 16.9 Å². The summed E-state index contributed by atoms with van der Waals surface area (Å²) < 4.78 is 19.7. The number of rotatable bonds is 13. The molecule has 1 aromatic carbocycles. The highest BCUT2D eigenvalue weighted by Crippen LogP contribution is 2.34. The van der Waals surface area contributed by atoms with Gasteiger partial charge >= 0.3 is 11.9 Å². The van der Waals surface area contributed by atoms with E-state index in [-0.39, 0.29) is 30.5 Å². The Labute approximate surface area is 226 Å². The first kappa shape index (κ1) is 32.1. The third-order valence-corrected chi connectivity index (χ3v) is 7.35. The molecule has 0 fully saturated rings. The van der Waals surface area contributed by atoms with Crippen molar-refractivity contribution in [1.82, 2.24) is 5.32 Å². The van der Waals surface area contributed by atoms with Gasteiger partial charge in [0, 0.05) is 22.7 Å². The zero-order valence-corrected chi connectivity index (χ0v) is 22.8. The Morgan fingerprint density at radius 1 is 1.22 bits per heavy atom. The van der Waals surface area contributed by atoms with Gasteiger partial charge in [-0.1, -0.05) is 19.9 Å². The number of halogens is 2. The molecule has 37 heavy (non-hydrogen) atoms. The molecule has 2 rings (SSSR count). The number of nitrogens with one attached hydrogen (secondary N) is 1. The fraction of sp³-hybridized carbons (Fsp3) is 0.423. The van der Waals surface area contributed by atoms with Crippen LogP contribution in [0.5, 0.6) is 5.75 Å². The van der Waals surface area contributed by atoms with Gasteiger partial charge in [-0.15, -0.1) is 23.7 Å². The van der Waals surface area contributed by atoms with Crippen molar-refractivity contribution in [2.45, 2.75) is 58.9 Å². The lowest BCUT2D eigenvalue weighted by atomic mass is 9.77. The van der Waals surface area contributed by atoms with Crippen LogP contribution in [0.15, 0.2) is 36.4 Å². The fourth-order valence-corrected chi connectivity index (χ4v) is 4.76. The number of hydrogen-bond acceptors (Lipinski definition) is 7. The van der Waals surface area contributed by atoms with E-state index in [1.807, 2.05) is 13.8 Å². The molecule has 1 unspecified atom stereocenters. The number of carbonyl (C=O) groups excluding carboxylic acids is 2. The quantitative estimate of drug-likeness (QED) is 0.162. The minimum absolute atomic E-state index is 0. The molecule has 0 spiro atoms. The predicted molar refractivity (Wildman–Crippen MR) is 145 cm³/mol. The molecule has 0 aliphatic carbocycles. The third-order valence-electron chi connectivity index (χ3n) is 6.28. The van der Waals surface area contributed by atoms with Crippen LogP contribution in [-0.2, 0) is 16.0 Å². The largest absolute Gasteiger partial charge is 0.480 e. The number of hydrogen-bond donors (Lipinski definition) is 4. The molecule has 6 N–H and O–H groups in total. The second-order valence-corrected chi connectivity index (χ2v) is 9.72. The van der Waals surface area contributed by atoms with Gasteiger partial charge < -0.3 is 26.6 Å². The lowest BCUT2D eigenvalue weighted by Crippen LogP contribution is -2.42. The number of aliphatic carboxylic acids is 1. The number of esters is 1. The molecule has 11 heteroatoms. The number of amides is 1.